The average molecular weight is 457 g/mol. The minimum absolute atomic E-state index is 0.0756. The van der Waals surface area contributed by atoms with Crippen molar-refractivity contribution in [3.63, 3.8) is 0 Å². The van der Waals surface area contributed by atoms with Gasteiger partial charge in [-0.1, -0.05) is 50.5 Å². The molecule has 1 N–H and O–H groups in total. The first-order valence-corrected chi connectivity index (χ1v) is 12.0. The smallest absolute Gasteiger partial charge is 0.217 e. The second-order valence-electron chi connectivity index (χ2n) is 8.82. The van der Waals surface area contributed by atoms with E-state index in [1.165, 1.54) is 6.42 Å². The van der Waals surface area contributed by atoms with Crippen molar-refractivity contribution in [2.75, 3.05) is 0 Å². The van der Waals surface area contributed by atoms with E-state index in [0.717, 1.165) is 66.7 Å². The molecule has 0 aliphatic heterocycles. The van der Waals surface area contributed by atoms with Crippen LogP contribution in [0.15, 0.2) is 42.7 Å². The highest BCUT2D eigenvalue weighted by atomic mass is 16.1. The molecule has 9 heteroatoms. The standard InChI is InChI=1S/C25H28N8O/c1-2-14-33-22(27-25(30-33)23(34)19-6-4-3-5-7-19)15-17-8-10-18(11-9-17)21-16-26-13-12-20(21)24-28-31-32-29-24/h8-13,16,19H,2-7,14-15H2,1H3,(H,28,29,31,32). The summed E-state index contributed by atoms with van der Waals surface area (Å²) >= 11 is 0. The third-order valence-corrected chi connectivity index (χ3v) is 6.43. The molecule has 9 nitrogen and oxygen atoms in total. The summed E-state index contributed by atoms with van der Waals surface area (Å²) in [6, 6.07) is 10.2. The number of hydrogen-bond acceptors (Lipinski definition) is 7. The number of ketones is 1. The number of tetrazole rings is 1. The zero-order valence-electron chi connectivity index (χ0n) is 19.3. The molecule has 0 spiro atoms. The largest absolute Gasteiger partial charge is 0.290 e. The molecule has 34 heavy (non-hydrogen) atoms. The molecule has 5 rings (SSSR count). The van der Waals surface area contributed by atoms with E-state index in [0.29, 0.717) is 18.1 Å². The van der Waals surface area contributed by atoms with Crippen molar-refractivity contribution in [3.8, 4) is 22.5 Å². The number of aromatic nitrogens is 8. The summed E-state index contributed by atoms with van der Waals surface area (Å²) in [4.78, 5) is 22.0. The zero-order valence-corrected chi connectivity index (χ0v) is 19.3. The van der Waals surface area contributed by atoms with Crippen LogP contribution in [0, 0.1) is 5.92 Å². The Morgan fingerprint density at radius 3 is 2.65 bits per heavy atom. The van der Waals surface area contributed by atoms with Crippen molar-refractivity contribution < 1.29 is 4.79 Å². The van der Waals surface area contributed by atoms with Crippen LogP contribution in [0.1, 0.15) is 67.5 Å². The summed E-state index contributed by atoms with van der Waals surface area (Å²) in [7, 11) is 0. The molecule has 3 aromatic heterocycles. The van der Waals surface area contributed by atoms with E-state index in [4.69, 9.17) is 4.98 Å². The summed E-state index contributed by atoms with van der Waals surface area (Å²) < 4.78 is 1.90. The Morgan fingerprint density at radius 2 is 1.91 bits per heavy atom. The molecular weight excluding hydrogens is 428 g/mol. The van der Waals surface area contributed by atoms with Gasteiger partial charge in [-0.25, -0.2) is 14.8 Å². The fourth-order valence-corrected chi connectivity index (χ4v) is 4.64. The number of H-pyrrole nitrogens is 1. The number of Topliss-reactive ketones (excluding diaryl/α,β-unsaturated/α-hetero) is 1. The van der Waals surface area contributed by atoms with Crippen LogP contribution in [-0.4, -0.2) is 46.2 Å². The van der Waals surface area contributed by atoms with Gasteiger partial charge in [-0.2, -0.15) is 0 Å². The Labute approximate surface area is 198 Å². The number of carbonyl (C=O) groups is 1. The minimum atomic E-state index is 0.0756. The maximum Gasteiger partial charge on any atom is 0.217 e. The van der Waals surface area contributed by atoms with Gasteiger partial charge >= 0.3 is 0 Å². The third-order valence-electron chi connectivity index (χ3n) is 6.43. The molecule has 1 aliphatic rings. The van der Waals surface area contributed by atoms with Crippen molar-refractivity contribution in [1.82, 2.24) is 40.4 Å². The second kappa shape index (κ2) is 10.0. The number of benzene rings is 1. The van der Waals surface area contributed by atoms with Crippen LogP contribution in [0.5, 0.6) is 0 Å². The lowest BCUT2D eigenvalue weighted by Gasteiger charge is -2.18. The second-order valence-corrected chi connectivity index (χ2v) is 8.82. The van der Waals surface area contributed by atoms with Crippen LogP contribution < -0.4 is 0 Å². The lowest BCUT2D eigenvalue weighted by Crippen LogP contribution is -2.19. The lowest BCUT2D eigenvalue weighted by molar-refractivity contribution is 0.0878. The zero-order chi connectivity index (χ0) is 23.3. The normalized spacial score (nSPS) is 14.4. The average Bonchev–Trinajstić information content (AvgIpc) is 3.56. The van der Waals surface area contributed by atoms with E-state index in [2.05, 4.69) is 61.9 Å². The number of pyridine rings is 1. The van der Waals surface area contributed by atoms with Gasteiger partial charge in [0.1, 0.15) is 5.82 Å². The third kappa shape index (κ3) is 4.64. The molecule has 0 amide bonds. The molecule has 0 unspecified atom stereocenters. The van der Waals surface area contributed by atoms with E-state index in [-0.39, 0.29) is 11.7 Å². The SMILES string of the molecule is CCCn1nc(C(=O)C2CCCCC2)nc1Cc1ccc(-c2cnccc2-c2nnn[nH]2)cc1. The first kappa shape index (κ1) is 22.1. The summed E-state index contributed by atoms with van der Waals surface area (Å²) in [6.45, 7) is 2.86. The van der Waals surface area contributed by atoms with Gasteiger partial charge in [0.25, 0.3) is 0 Å². The van der Waals surface area contributed by atoms with E-state index in [1.54, 1.807) is 6.20 Å². The molecule has 3 heterocycles. The van der Waals surface area contributed by atoms with Crippen molar-refractivity contribution in [1.29, 1.82) is 0 Å². The molecule has 1 aromatic carbocycles. The van der Waals surface area contributed by atoms with Crippen LogP contribution in [-0.2, 0) is 13.0 Å². The summed E-state index contributed by atoms with van der Waals surface area (Å²) in [5, 5.41) is 18.8. The highest BCUT2D eigenvalue weighted by Crippen LogP contribution is 2.29. The number of hydrogen-bond donors (Lipinski definition) is 1. The predicted octanol–water partition coefficient (Wildman–Crippen LogP) is 4.28. The Hall–Kier alpha value is -3.75. The lowest BCUT2D eigenvalue weighted by atomic mass is 9.86. The fraction of sp³-hybridized carbons (Fsp3) is 0.400. The number of carbonyl (C=O) groups excluding carboxylic acids is 1. The molecule has 0 radical (unpaired) electrons. The van der Waals surface area contributed by atoms with E-state index >= 15 is 0 Å². The van der Waals surface area contributed by atoms with Crippen molar-refractivity contribution >= 4 is 5.78 Å². The number of nitrogens with zero attached hydrogens (tertiary/aromatic N) is 7. The van der Waals surface area contributed by atoms with Crippen LogP contribution in [0.3, 0.4) is 0 Å². The van der Waals surface area contributed by atoms with Crippen molar-refractivity contribution in [3.05, 3.63) is 59.9 Å². The van der Waals surface area contributed by atoms with Crippen LogP contribution in [0.2, 0.25) is 0 Å². The molecule has 0 atom stereocenters. The molecule has 1 fully saturated rings. The van der Waals surface area contributed by atoms with E-state index in [9.17, 15) is 4.79 Å². The molecule has 174 valence electrons. The molecule has 1 aliphatic carbocycles. The van der Waals surface area contributed by atoms with Crippen LogP contribution >= 0.6 is 0 Å². The Balaban J connectivity index is 1.37. The Morgan fingerprint density at radius 1 is 1.09 bits per heavy atom. The van der Waals surface area contributed by atoms with Gasteiger partial charge in [0.15, 0.2) is 5.82 Å². The molecular formula is C25H28N8O. The highest BCUT2D eigenvalue weighted by Gasteiger charge is 2.26. The van der Waals surface area contributed by atoms with Gasteiger partial charge < -0.3 is 0 Å². The fourth-order valence-electron chi connectivity index (χ4n) is 4.64. The molecule has 0 saturated heterocycles. The summed E-state index contributed by atoms with van der Waals surface area (Å²) in [6.07, 6.45) is 10.5. The number of aryl methyl sites for hydroxylation is 1. The first-order valence-electron chi connectivity index (χ1n) is 12.0. The summed E-state index contributed by atoms with van der Waals surface area (Å²) in [5.74, 6) is 2.00. The van der Waals surface area contributed by atoms with Gasteiger partial charge in [-0.3, -0.25) is 9.78 Å². The van der Waals surface area contributed by atoms with Gasteiger partial charge in [0.2, 0.25) is 11.6 Å². The number of nitrogens with one attached hydrogen (secondary N) is 1. The van der Waals surface area contributed by atoms with Gasteiger partial charge in [0, 0.05) is 42.4 Å². The summed E-state index contributed by atoms with van der Waals surface area (Å²) in [5.41, 5.74) is 3.96. The number of aromatic amines is 1. The highest BCUT2D eigenvalue weighted by molar-refractivity contribution is 5.94. The topological polar surface area (TPSA) is 115 Å². The first-order chi connectivity index (χ1) is 16.7. The maximum absolute atomic E-state index is 13.0. The van der Waals surface area contributed by atoms with Crippen molar-refractivity contribution in [2.45, 2.75) is 58.4 Å². The van der Waals surface area contributed by atoms with Gasteiger partial charge in [-0.05, 0) is 46.9 Å². The quantitative estimate of drug-likeness (QED) is 0.393. The Bertz CT molecular complexity index is 1240. The monoisotopic (exact) mass is 456 g/mol. The van der Waals surface area contributed by atoms with E-state index < -0.39 is 0 Å². The molecule has 1 saturated carbocycles. The van der Waals surface area contributed by atoms with E-state index in [1.807, 2.05) is 16.9 Å². The maximum atomic E-state index is 13.0. The van der Waals surface area contributed by atoms with Gasteiger partial charge in [0.05, 0.1) is 0 Å². The van der Waals surface area contributed by atoms with Gasteiger partial charge in [-0.15, -0.1) is 10.2 Å². The molecule has 4 aromatic rings. The predicted molar refractivity (Wildman–Crippen MR) is 127 cm³/mol. The van der Waals surface area contributed by atoms with Crippen molar-refractivity contribution in [2.24, 2.45) is 5.92 Å². The molecule has 0 bridgehead atoms. The number of rotatable bonds is 8. The van der Waals surface area contributed by atoms with Crippen LogP contribution in [0.25, 0.3) is 22.5 Å². The van der Waals surface area contributed by atoms with Crippen LogP contribution in [0.4, 0.5) is 0 Å². The minimum Gasteiger partial charge on any atom is -0.290 e. The Kier molecular flexibility index (Phi) is 6.51.